The molecule has 3 fully saturated rings. The van der Waals surface area contributed by atoms with Crippen LogP contribution in [0, 0.1) is 0 Å². The van der Waals surface area contributed by atoms with Crippen molar-refractivity contribution in [3.8, 4) is 0 Å². The molecule has 3 heterocycles. The Morgan fingerprint density at radius 2 is 1.67 bits per heavy atom. The quantitative estimate of drug-likeness (QED) is 0.674. The van der Waals surface area contributed by atoms with Crippen LogP contribution in [0.3, 0.4) is 0 Å². The van der Waals surface area contributed by atoms with Crippen molar-refractivity contribution in [1.29, 1.82) is 0 Å². The molecular weight excluding hydrogens is 437 g/mol. The minimum atomic E-state index is -4.38. The van der Waals surface area contributed by atoms with Gasteiger partial charge in [0.05, 0.1) is 24.7 Å². The molecule has 33 heavy (non-hydrogen) atoms. The molecule has 7 nitrogen and oxygen atoms in total. The lowest BCUT2D eigenvalue weighted by Crippen LogP contribution is -2.52. The number of likely N-dealkylation sites (tertiary alicyclic amines) is 1. The molecular formula is C23H27F3N4O3. The summed E-state index contributed by atoms with van der Waals surface area (Å²) in [5.74, 6) is 1.27. The van der Waals surface area contributed by atoms with Crippen LogP contribution in [-0.4, -0.2) is 65.4 Å². The monoisotopic (exact) mass is 464 g/mol. The van der Waals surface area contributed by atoms with E-state index in [2.05, 4.69) is 10.1 Å². The van der Waals surface area contributed by atoms with Gasteiger partial charge >= 0.3 is 12.2 Å². The Kier molecular flexibility index (Phi) is 6.03. The average molecular weight is 464 g/mol. The van der Waals surface area contributed by atoms with E-state index < -0.39 is 11.7 Å². The standard InChI is InChI=1S/C23H27F3N4O3/c24-23(25,26)19-6-4-15(5-7-19)17-12-18(21-27-20(28-33-21)16-2-1-3-16)14-30(13-17)22(31)29-8-10-32-11-9-29/h4-7,16-18H,1-3,8-14H2. The molecule has 0 bridgehead atoms. The van der Waals surface area contributed by atoms with E-state index in [-0.39, 0.29) is 17.9 Å². The number of rotatable bonds is 3. The van der Waals surface area contributed by atoms with Gasteiger partial charge in [0, 0.05) is 38.0 Å². The summed E-state index contributed by atoms with van der Waals surface area (Å²) in [6.07, 6.45) is -0.479. The van der Waals surface area contributed by atoms with E-state index in [9.17, 15) is 18.0 Å². The van der Waals surface area contributed by atoms with Crippen LogP contribution >= 0.6 is 0 Å². The molecule has 2 saturated heterocycles. The largest absolute Gasteiger partial charge is 0.416 e. The van der Waals surface area contributed by atoms with Gasteiger partial charge in [-0.3, -0.25) is 0 Å². The van der Waals surface area contributed by atoms with Crippen molar-refractivity contribution < 1.29 is 27.2 Å². The Bertz CT molecular complexity index is 968. The number of hydrogen-bond acceptors (Lipinski definition) is 5. The van der Waals surface area contributed by atoms with Gasteiger partial charge in [0.1, 0.15) is 0 Å². The van der Waals surface area contributed by atoms with Crippen LogP contribution in [0.15, 0.2) is 28.8 Å². The molecule has 0 spiro atoms. The molecule has 178 valence electrons. The highest BCUT2D eigenvalue weighted by Crippen LogP contribution is 2.39. The van der Waals surface area contributed by atoms with Gasteiger partial charge in [-0.2, -0.15) is 18.2 Å². The van der Waals surface area contributed by atoms with E-state index in [1.807, 2.05) is 0 Å². The maximum atomic E-state index is 13.2. The molecule has 2 aliphatic heterocycles. The van der Waals surface area contributed by atoms with Gasteiger partial charge in [0.25, 0.3) is 0 Å². The topological polar surface area (TPSA) is 71.7 Å². The molecule has 3 aliphatic rings. The molecule has 1 saturated carbocycles. The third-order valence-electron chi connectivity index (χ3n) is 6.99. The number of morpholine rings is 1. The second kappa shape index (κ2) is 8.96. The summed E-state index contributed by atoms with van der Waals surface area (Å²) in [7, 11) is 0. The molecule has 5 rings (SSSR count). The Hall–Kier alpha value is -2.62. The van der Waals surface area contributed by atoms with Crippen molar-refractivity contribution in [2.45, 2.75) is 49.6 Å². The molecule has 2 atom stereocenters. The Labute approximate surface area is 189 Å². The van der Waals surface area contributed by atoms with E-state index in [1.54, 1.807) is 9.80 Å². The van der Waals surface area contributed by atoms with Crippen molar-refractivity contribution in [3.05, 3.63) is 47.1 Å². The number of carbonyl (C=O) groups excluding carboxylic acids is 1. The molecule has 2 unspecified atom stereocenters. The summed E-state index contributed by atoms with van der Waals surface area (Å²) in [6.45, 7) is 2.93. The number of aromatic nitrogens is 2. The van der Waals surface area contributed by atoms with Crippen LogP contribution < -0.4 is 0 Å². The number of ether oxygens (including phenoxy) is 1. The van der Waals surface area contributed by atoms with Crippen LogP contribution in [0.4, 0.5) is 18.0 Å². The highest BCUT2D eigenvalue weighted by molar-refractivity contribution is 5.75. The molecule has 10 heteroatoms. The number of urea groups is 1. The fraction of sp³-hybridized carbons (Fsp3) is 0.609. The minimum Gasteiger partial charge on any atom is -0.378 e. The molecule has 0 N–H and O–H groups in total. The molecule has 2 aromatic rings. The molecule has 1 aromatic carbocycles. The van der Waals surface area contributed by atoms with Crippen molar-refractivity contribution >= 4 is 6.03 Å². The molecule has 1 aliphatic carbocycles. The third-order valence-corrected chi connectivity index (χ3v) is 6.99. The Morgan fingerprint density at radius 3 is 2.30 bits per heavy atom. The van der Waals surface area contributed by atoms with Gasteiger partial charge in [-0.1, -0.05) is 23.7 Å². The number of hydrogen-bond donors (Lipinski definition) is 0. The fourth-order valence-electron chi connectivity index (χ4n) is 4.82. The highest BCUT2D eigenvalue weighted by Gasteiger charge is 2.38. The van der Waals surface area contributed by atoms with Crippen LogP contribution in [-0.2, 0) is 10.9 Å². The summed E-state index contributed by atoms with van der Waals surface area (Å²) in [5.41, 5.74) is 0.0908. The first-order valence-electron chi connectivity index (χ1n) is 11.5. The molecule has 0 radical (unpaired) electrons. The summed E-state index contributed by atoms with van der Waals surface area (Å²) in [4.78, 5) is 21.4. The van der Waals surface area contributed by atoms with Gasteiger partial charge in [0.15, 0.2) is 5.82 Å². The smallest absolute Gasteiger partial charge is 0.378 e. The number of amides is 2. The predicted molar refractivity (Wildman–Crippen MR) is 112 cm³/mol. The summed E-state index contributed by atoms with van der Waals surface area (Å²) >= 11 is 0. The van der Waals surface area contributed by atoms with Gasteiger partial charge in [0.2, 0.25) is 5.89 Å². The van der Waals surface area contributed by atoms with E-state index in [4.69, 9.17) is 9.26 Å². The molecule has 1 aromatic heterocycles. The van der Waals surface area contributed by atoms with Crippen LogP contribution in [0.2, 0.25) is 0 Å². The van der Waals surface area contributed by atoms with E-state index in [0.29, 0.717) is 57.6 Å². The Balaban J connectivity index is 1.39. The SMILES string of the molecule is O=C(N1CCOCC1)N1CC(c2ccc(C(F)(F)F)cc2)CC(c2nc(C3CCC3)no2)C1. The Morgan fingerprint density at radius 1 is 0.970 bits per heavy atom. The maximum Gasteiger partial charge on any atom is 0.416 e. The number of benzene rings is 1. The van der Waals surface area contributed by atoms with E-state index >= 15 is 0 Å². The lowest BCUT2D eigenvalue weighted by molar-refractivity contribution is -0.137. The zero-order chi connectivity index (χ0) is 23.0. The van der Waals surface area contributed by atoms with E-state index in [1.165, 1.54) is 12.1 Å². The zero-order valence-electron chi connectivity index (χ0n) is 18.3. The lowest BCUT2D eigenvalue weighted by atomic mass is 9.83. The first-order chi connectivity index (χ1) is 15.9. The summed E-state index contributed by atoms with van der Waals surface area (Å²) in [5, 5.41) is 4.17. The number of alkyl halides is 3. The number of carbonyl (C=O) groups is 1. The molecule has 2 amide bonds. The predicted octanol–water partition coefficient (Wildman–Crippen LogP) is 4.38. The van der Waals surface area contributed by atoms with Crippen LogP contribution in [0.5, 0.6) is 0 Å². The lowest BCUT2D eigenvalue weighted by Gasteiger charge is -2.40. The highest BCUT2D eigenvalue weighted by atomic mass is 19.4. The van der Waals surface area contributed by atoms with Crippen molar-refractivity contribution in [2.24, 2.45) is 0 Å². The zero-order valence-corrected chi connectivity index (χ0v) is 18.3. The van der Waals surface area contributed by atoms with Crippen molar-refractivity contribution in [1.82, 2.24) is 19.9 Å². The fourth-order valence-corrected chi connectivity index (χ4v) is 4.82. The van der Waals surface area contributed by atoms with E-state index in [0.717, 1.165) is 42.8 Å². The second-order valence-corrected chi connectivity index (χ2v) is 9.15. The van der Waals surface area contributed by atoms with Crippen LogP contribution in [0.25, 0.3) is 0 Å². The van der Waals surface area contributed by atoms with Gasteiger partial charge in [-0.05, 0) is 37.0 Å². The summed E-state index contributed by atoms with van der Waals surface area (Å²) < 4.78 is 50.0. The number of piperidine rings is 1. The van der Waals surface area contributed by atoms with Gasteiger partial charge in [-0.25, -0.2) is 4.79 Å². The van der Waals surface area contributed by atoms with Crippen molar-refractivity contribution in [2.75, 3.05) is 39.4 Å². The van der Waals surface area contributed by atoms with Crippen LogP contribution in [0.1, 0.15) is 66.3 Å². The number of nitrogens with zero attached hydrogens (tertiary/aromatic N) is 4. The van der Waals surface area contributed by atoms with Gasteiger partial charge in [-0.15, -0.1) is 0 Å². The third kappa shape index (κ3) is 4.71. The average Bonchev–Trinajstić information content (AvgIpc) is 3.27. The minimum absolute atomic E-state index is 0.0846. The van der Waals surface area contributed by atoms with Crippen molar-refractivity contribution in [3.63, 3.8) is 0 Å². The second-order valence-electron chi connectivity index (χ2n) is 9.15. The van der Waals surface area contributed by atoms with Gasteiger partial charge < -0.3 is 19.1 Å². The maximum absolute atomic E-state index is 13.2. The first kappa shape index (κ1) is 22.2. The number of halogens is 3. The summed E-state index contributed by atoms with van der Waals surface area (Å²) in [6, 6.07) is 5.16. The first-order valence-corrected chi connectivity index (χ1v) is 11.5. The normalized spacial score (nSPS) is 24.6.